The molecule has 0 radical (unpaired) electrons. The van der Waals surface area contributed by atoms with Crippen LogP contribution in [-0.2, 0) is 4.79 Å². The molecule has 154 valence electrons. The summed E-state index contributed by atoms with van der Waals surface area (Å²) in [6.07, 6.45) is 2.18. The van der Waals surface area contributed by atoms with Crippen molar-refractivity contribution < 1.29 is 9.53 Å². The van der Waals surface area contributed by atoms with E-state index in [9.17, 15) is 4.79 Å². The molecule has 3 aromatic rings. The minimum absolute atomic E-state index is 0.0410. The maximum Gasteiger partial charge on any atom is 0.224 e. The van der Waals surface area contributed by atoms with Crippen molar-refractivity contribution in [2.45, 2.75) is 38.4 Å². The molecule has 0 aliphatic carbocycles. The molecular formula is C24H25N3O2S. The van der Waals surface area contributed by atoms with Gasteiger partial charge in [0, 0.05) is 29.3 Å². The number of benzene rings is 2. The molecule has 2 heterocycles. The van der Waals surface area contributed by atoms with E-state index in [1.807, 2.05) is 48.2 Å². The van der Waals surface area contributed by atoms with Crippen LogP contribution in [0.4, 0.5) is 5.69 Å². The van der Waals surface area contributed by atoms with E-state index in [1.54, 1.807) is 25.8 Å². The van der Waals surface area contributed by atoms with Gasteiger partial charge in [-0.15, -0.1) is 0 Å². The number of hydrogen-bond donors (Lipinski definition) is 0. The van der Waals surface area contributed by atoms with Crippen LogP contribution in [0.5, 0.6) is 5.75 Å². The third kappa shape index (κ3) is 3.67. The second-order valence-electron chi connectivity index (χ2n) is 7.96. The standard InChI is InChI=1S/C24H25N3O2S/c1-15-20-12-18(29-5)10-11-21(20)26-23(25-15)30-14-17-13-24(3,4)27(16(2)28)22-9-7-6-8-19(17)22/h6-13H,14H2,1-5H3. The van der Waals surface area contributed by atoms with Crippen molar-refractivity contribution in [3.05, 3.63) is 59.8 Å². The van der Waals surface area contributed by atoms with Crippen LogP contribution in [0.3, 0.4) is 0 Å². The van der Waals surface area contributed by atoms with Crippen LogP contribution in [0.15, 0.2) is 53.7 Å². The van der Waals surface area contributed by atoms with E-state index in [1.165, 1.54) is 5.57 Å². The number of para-hydroxylation sites is 1. The van der Waals surface area contributed by atoms with Gasteiger partial charge in [-0.25, -0.2) is 9.97 Å². The fourth-order valence-electron chi connectivity index (χ4n) is 4.08. The van der Waals surface area contributed by atoms with Crippen LogP contribution < -0.4 is 9.64 Å². The zero-order valence-corrected chi connectivity index (χ0v) is 18.7. The molecule has 6 heteroatoms. The molecule has 0 spiro atoms. The number of ether oxygens (including phenoxy) is 1. The highest BCUT2D eigenvalue weighted by atomic mass is 32.2. The predicted octanol–water partition coefficient (Wildman–Crippen LogP) is 5.27. The Bertz CT molecular complexity index is 1170. The van der Waals surface area contributed by atoms with Crippen LogP contribution in [0.2, 0.25) is 0 Å². The Morgan fingerprint density at radius 1 is 1.17 bits per heavy atom. The van der Waals surface area contributed by atoms with E-state index in [0.29, 0.717) is 0 Å². The number of nitrogens with zero attached hydrogens (tertiary/aromatic N) is 3. The topological polar surface area (TPSA) is 55.3 Å². The third-order valence-electron chi connectivity index (χ3n) is 5.34. The quantitative estimate of drug-likeness (QED) is 0.426. The maximum absolute atomic E-state index is 12.3. The Kier molecular flexibility index (Phi) is 5.28. The zero-order valence-electron chi connectivity index (χ0n) is 17.9. The van der Waals surface area contributed by atoms with Gasteiger partial charge in [0.25, 0.3) is 0 Å². The van der Waals surface area contributed by atoms with E-state index < -0.39 is 5.54 Å². The normalized spacial score (nSPS) is 15.0. The number of aromatic nitrogens is 2. The average Bonchev–Trinajstić information content (AvgIpc) is 2.70. The summed E-state index contributed by atoms with van der Waals surface area (Å²) in [7, 11) is 1.66. The molecule has 0 unspecified atom stereocenters. The lowest BCUT2D eigenvalue weighted by Gasteiger charge is -2.41. The van der Waals surface area contributed by atoms with Crippen molar-refractivity contribution in [1.82, 2.24) is 9.97 Å². The number of fused-ring (bicyclic) bond motifs is 2. The summed E-state index contributed by atoms with van der Waals surface area (Å²) >= 11 is 1.61. The van der Waals surface area contributed by atoms with Crippen molar-refractivity contribution >= 4 is 39.8 Å². The van der Waals surface area contributed by atoms with E-state index >= 15 is 0 Å². The number of amides is 1. The highest BCUT2D eigenvalue weighted by Gasteiger charge is 2.34. The Labute approximate surface area is 181 Å². The van der Waals surface area contributed by atoms with E-state index in [2.05, 4.69) is 26.0 Å². The summed E-state index contributed by atoms with van der Waals surface area (Å²) < 4.78 is 5.32. The van der Waals surface area contributed by atoms with Crippen LogP contribution in [0, 0.1) is 6.92 Å². The number of anilines is 1. The molecule has 1 aliphatic rings. The molecule has 0 saturated carbocycles. The largest absolute Gasteiger partial charge is 0.497 e. The van der Waals surface area contributed by atoms with Crippen molar-refractivity contribution in [2.75, 3.05) is 17.8 Å². The Balaban J connectivity index is 1.66. The first-order valence-electron chi connectivity index (χ1n) is 9.87. The molecule has 0 atom stereocenters. The van der Waals surface area contributed by atoms with Crippen LogP contribution in [-0.4, -0.2) is 34.3 Å². The number of thioether (sulfide) groups is 1. The smallest absolute Gasteiger partial charge is 0.224 e. The van der Waals surface area contributed by atoms with Gasteiger partial charge in [0.05, 0.1) is 23.9 Å². The van der Waals surface area contributed by atoms with Gasteiger partial charge in [-0.2, -0.15) is 0 Å². The number of hydrogen-bond acceptors (Lipinski definition) is 5. The fraction of sp³-hybridized carbons (Fsp3) is 0.292. The summed E-state index contributed by atoms with van der Waals surface area (Å²) in [4.78, 5) is 23.6. The second kappa shape index (κ2) is 7.76. The monoisotopic (exact) mass is 419 g/mol. The van der Waals surface area contributed by atoms with Crippen molar-refractivity contribution in [3.8, 4) is 5.75 Å². The SMILES string of the molecule is COc1ccc2nc(SCC3=CC(C)(C)N(C(C)=O)c4ccccc43)nc(C)c2c1. The van der Waals surface area contributed by atoms with E-state index in [0.717, 1.165) is 44.5 Å². The highest BCUT2D eigenvalue weighted by molar-refractivity contribution is 7.99. The first-order chi connectivity index (χ1) is 14.3. The van der Waals surface area contributed by atoms with Crippen LogP contribution in [0.1, 0.15) is 32.0 Å². The van der Waals surface area contributed by atoms with Gasteiger partial charge in [0.2, 0.25) is 5.91 Å². The lowest BCUT2D eigenvalue weighted by atomic mass is 9.89. The van der Waals surface area contributed by atoms with Crippen LogP contribution >= 0.6 is 11.8 Å². The van der Waals surface area contributed by atoms with Gasteiger partial charge in [0.1, 0.15) is 5.75 Å². The number of carbonyl (C=O) groups excluding carboxylic acids is 1. The summed E-state index contributed by atoms with van der Waals surface area (Å²) in [6, 6.07) is 13.9. The molecule has 4 rings (SSSR count). The molecule has 0 N–H and O–H groups in total. The van der Waals surface area contributed by atoms with Crippen molar-refractivity contribution in [3.63, 3.8) is 0 Å². The van der Waals surface area contributed by atoms with Crippen molar-refractivity contribution in [1.29, 1.82) is 0 Å². The fourth-order valence-corrected chi connectivity index (χ4v) is 4.97. The first kappa shape index (κ1) is 20.4. The minimum Gasteiger partial charge on any atom is -0.497 e. The van der Waals surface area contributed by atoms with Crippen molar-refractivity contribution in [2.24, 2.45) is 0 Å². The summed E-state index contributed by atoms with van der Waals surface area (Å²) in [6.45, 7) is 7.75. The minimum atomic E-state index is -0.396. The summed E-state index contributed by atoms with van der Waals surface area (Å²) in [5.41, 5.74) is 4.67. The van der Waals surface area contributed by atoms with Gasteiger partial charge in [-0.05, 0) is 50.6 Å². The summed E-state index contributed by atoms with van der Waals surface area (Å²) in [5, 5.41) is 1.74. The molecule has 2 aromatic carbocycles. The summed E-state index contributed by atoms with van der Waals surface area (Å²) in [5.74, 6) is 1.57. The molecule has 0 fully saturated rings. The molecule has 1 aliphatic heterocycles. The number of methoxy groups -OCH3 is 1. The molecule has 5 nitrogen and oxygen atoms in total. The zero-order chi connectivity index (χ0) is 21.5. The van der Waals surface area contributed by atoms with Gasteiger partial charge in [-0.3, -0.25) is 4.79 Å². The lowest BCUT2D eigenvalue weighted by Crippen LogP contribution is -2.48. The third-order valence-corrected chi connectivity index (χ3v) is 6.24. The molecule has 1 amide bonds. The first-order valence-corrected chi connectivity index (χ1v) is 10.9. The van der Waals surface area contributed by atoms with Crippen LogP contribution in [0.25, 0.3) is 16.5 Å². The Morgan fingerprint density at radius 3 is 2.67 bits per heavy atom. The number of carbonyl (C=O) groups is 1. The lowest BCUT2D eigenvalue weighted by molar-refractivity contribution is -0.117. The van der Waals surface area contributed by atoms with Gasteiger partial charge in [0.15, 0.2) is 5.16 Å². The van der Waals surface area contributed by atoms with E-state index in [-0.39, 0.29) is 5.91 Å². The van der Waals surface area contributed by atoms with Gasteiger partial charge in [-0.1, -0.05) is 36.0 Å². The molecule has 0 saturated heterocycles. The average molecular weight is 420 g/mol. The Morgan fingerprint density at radius 2 is 1.93 bits per heavy atom. The van der Waals surface area contributed by atoms with E-state index in [4.69, 9.17) is 14.7 Å². The second-order valence-corrected chi connectivity index (χ2v) is 8.90. The molecule has 30 heavy (non-hydrogen) atoms. The maximum atomic E-state index is 12.3. The number of rotatable bonds is 4. The Hall–Kier alpha value is -2.86. The number of aryl methyl sites for hydroxylation is 1. The van der Waals surface area contributed by atoms with Gasteiger partial charge < -0.3 is 9.64 Å². The highest BCUT2D eigenvalue weighted by Crippen LogP contribution is 2.40. The molecular weight excluding hydrogens is 394 g/mol. The molecule has 0 bridgehead atoms. The molecule has 1 aromatic heterocycles. The van der Waals surface area contributed by atoms with Gasteiger partial charge >= 0.3 is 0 Å². The predicted molar refractivity (Wildman–Crippen MR) is 123 cm³/mol.